The van der Waals surface area contributed by atoms with Crippen LogP contribution in [0.25, 0.3) is 0 Å². The number of benzene rings is 1. The number of aliphatic hydroxyl groups is 1. The highest BCUT2D eigenvalue weighted by atomic mass is 16.3. The Morgan fingerprint density at radius 1 is 1.20 bits per heavy atom. The zero-order valence-corrected chi connectivity index (χ0v) is 16.0. The quantitative estimate of drug-likeness (QED) is 0.865. The Bertz CT molecular complexity index is 573. The molecule has 3 heteroatoms. The average molecular weight is 344 g/mol. The minimum atomic E-state index is -0.201. The molecule has 3 nitrogen and oxygen atoms in total. The Morgan fingerprint density at radius 2 is 1.80 bits per heavy atom. The van der Waals surface area contributed by atoms with E-state index in [1.54, 1.807) is 0 Å². The summed E-state index contributed by atoms with van der Waals surface area (Å²) in [6.45, 7) is 8.24. The van der Waals surface area contributed by atoms with Gasteiger partial charge in [-0.1, -0.05) is 45.0 Å². The van der Waals surface area contributed by atoms with E-state index in [2.05, 4.69) is 38.1 Å². The van der Waals surface area contributed by atoms with Crippen molar-refractivity contribution in [3.8, 4) is 0 Å². The van der Waals surface area contributed by atoms with Crippen LogP contribution in [-0.2, 0) is 4.79 Å². The number of carbonyl (C=O) groups is 1. The van der Waals surface area contributed by atoms with Gasteiger partial charge in [0.2, 0.25) is 5.91 Å². The first kappa shape index (κ1) is 18.4. The van der Waals surface area contributed by atoms with Crippen molar-refractivity contribution in [3.05, 3.63) is 35.4 Å². The lowest BCUT2D eigenvalue weighted by molar-refractivity contribution is -0.151. The number of rotatable bonds is 5. The summed E-state index contributed by atoms with van der Waals surface area (Å²) in [6, 6.07) is 9.21. The molecule has 1 aliphatic heterocycles. The Labute approximate surface area is 152 Å². The van der Waals surface area contributed by atoms with Gasteiger partial charge in [-0.2, -0.15) is 0 Å². The Morgan fingerprint density at radius 3 is 2.28 bits per heavy atom. The van der Waals surface area contributed by atoms with Crippen molar-refractivity contribution in [2.75, 3.05) is 19.7 Å². The van der Waals surface area contributed by atoms with E-state index in [-0.39, 0.29) is 18.4 Å². The van der Waals surface area contributed by atoms with Gasteiger partial charge in [-0.3, -0.25) is 4.79 Å². The summed E-state index contributed by atoms with van der Waals surface area (Å²) in [4.78, 5) is 14.3. The van der Waals surface area contributed by atoms with E-state index in [1.807, 2.05) is 11.8 Å². The number of nitrogens with zero attached hydrogens (tertiary/aromatic N) is 1. The molecule has 0 aromatic heterocycles. The molecular weight excluding hydrogens is 310 g/mol. The molecule has 0 bridgehead atoms. The normalized spacial score (nSPS) is 21.4. The van der Waals surface area contributed by atoms with Crippen LogP contribution in [0.2, 0.25) is 0 Å². The SMILES string of the molecule is CC[C@H](CO)C(=O)N1CC2(CCC(c3ccc(C(C)C)cc3)CC2)C1. The maximum atomic E-state index is 12.4. The third kappa shape index (κ3) is 3.76. The first-order valence-corrected chi connectivity index (χ1v) is 9.97. The number of likely N-dealkylation sites (tertiary alicyclic amines) is 1. The fraction of sp³-hybridized carbons (Fsp3) is 0.682. The molecule has 1 amide bonds. The highest BCUT2D eigenvalue weighted by Gasteiger charge is 2.47. The van der Waals surface area contributed by atoms with Crippen molar-refractivity contribution >= 4 is 5.91 Å². The lowest BCUT2D eigenvalue weighted by atomic mass is 9.64. The molecular formula is C22H33NO2. The second kappa shape index (κ2) is 7.49. The summed E-state index contributed by atoms with van der Waals surface area (Å²) in [5.74, 6) is 1.22. The number of carbonyl (C=O) groups excluding carboxylic acids is 1. The molecule has 1 aliphatic carbocycles. The van der Waals surface area contributed by atoms with Crippen molar-refractivity contribution in [1.82, 2.24) is 4.90 Å². The molecule has 2 aliphatic rings. The Hall–Kier alpha value is -1.35. The third-order valence-corrected chi connectivity index (χ3v) is 6.55. The van der Waals surface area contributed by atoms with E-state index < -0.39 is 0 Å². The van der Waals surface area contributed by atoms with Crippen LogP contribution in [0, 0.1) is 11.3 Å². The van der Waals surface area contributed by atoms with Crippen molar-refractivity contribution in [1.29, 1.82) is 0 Å². The first-order chi connectivity index (χ1) is 12.0. The van der Waals surface area contributed by atoms with E-state index >= 15 is 0 Å². The Kier molecular flexibility index (Phi) is 5.52. The van der Waals surface area contributed by atoms with Gasteiger partial charge in [0.25, 0.3) is 0 Å². The fourth-order valence-corrected chi connectivity index (χ4v) is 4.59. The second-order valence-corrected chi connectivity index (χ2v) is 8.58. The summed E-state index contributed by atoms with van der Waals surface area (Å²) in [5.41, 5.74) is 3.26. The summed E-state index contributed by atoms with van der Waals surface area (Å²) < 4.78 is 0. The number of aliphatic hydroxyl groups excluding tert-OH is 1. The summed E-state index contributed by atoms with van der Waals surface area (Å²) in [5, 5.41) is 9.33. The van der Waals surface area contributed by atoms with Crippen molar-refractivity contribution < 1.29 is 9.90 Å². The van der Waals surface area contributed by atoms with Crippen LogP contribution in [0.5, 0.6) is 0 Å². The topological polar surface area (TPSA) is 40.5 Å². The zero-order chi connectivity index (χ0) is 18.0. The lowest BCUT2D eigenvalue weighted by Crippen LogP contribution is -2.60. The molecule has 1 spiro atoms. The molecule has 1 heterocycles. The summed E-state index contributed by atoms with van der Waals surface area (Å²) >= 11 is 0. The second-order valence-electron chi connectivity index (χ2n) is 8.58. The molecule has 25 heavy (non-hydrogen) atoms. The molecule has 1 N–H and O–H groups in total. The molecule has 3 rings (SSSR count). The summed E-state index contributed by atoms with van der Waals surface area (Å²) in [7, 11) is 0. The van der Waals surface area contributed by atoms with Gasteiger partial charge in [-0.15, -0.1) is 0 Å². The minimum absolute atomic E-state index is 0.0206. The molecule has 1 atom stereocenters. The third-order valence-electron chi connectivity index (χ3n) is 6.55. The van der Waals surface area contributed by atoms with Gasteiger partial charge in [-0.05, 0) is 55.1 Å². The molecule has 0 unspecified atom stereocenters. The van der Waals surface area contributed by atoms with Crippen LogP contribution in [0.15, 0.2) is 24.3 Å². The van der Waals surface area contributed by atoms with Gasteiger partial charge >= 0.3 is 0 Å². The molecule has 138 valence electrons. The van der Waals surface area contributed by atoms with Crippen molar-refractivity contribution in [2.24, 2.45) is 11.3 Å². The van der Waals surface area contributed by atoms with Crippen LogP contribution in [0.4, 0.5) is 0 Å². The first-order valence-electron chi connectivity index (χ1n) is 9.97. The maximum absolute atomic E-state index is 12.4. The highest BCUT2D eigenvalue weighted by Crippen LogP contribution is 2.48. The van der Waals surface area contributed by atoms with Crippen LogP contribution >= 0.6 is 0 Å². The number of hydrogen-bond acceptors (Lipinski definition) is 2. The van der Waals surface area contributed by atoms with E-state index in [1.165, 1.54) is 36.8 Å². The van der Waals surface area contributed by atoms with Crippen LogP contribution in [0.3, 0.4) is 0 Å². The smallest absolute Gasteiger partial charge is 0.228 e. The minimum Gasteiger partial charge on any atom is -0.396 e. The fourth-order valence-electron chi connectivity index (χ4n) is 4.59. The van der Waals surface area contributed by atoms with Gasteiger partial charge in [0.15, 0.2) is 0 Å². The summed E-state index contributed by atoms with van der Waals surface area (Å²) in [6.07, 6.45) is 5.65. The standard InChI is InChI=1S/C22H33NO2/c1-4-17(13-24)21(25)23-14-22(15-23)11-9-20(10-12-22)19-7-5-18(6-8-19)16(2)3/h5-8,16-17,20,24H,4,9-15H2,1-3H3/t17-/m1/s1. The number of hydrogen-bond donors (Lipinski definition) is 1. The van der Waals surface area contributed by atoms with Crippen LogP contribution in [0.1, 0.15) is 75.8 Å². The average Bonchev–Trinajstić information content (AvgIpc) is 2.61. The molecule has 0 radical (unpaired) electrons. The molecule has 1 aromatic rings. The van der Waals surface area contributed by atoms with E-state index in [9.17, 15) is 9.90 Å². The lowest BCUT2D eigenvalue weighted by Gasteiger charge is -2.54. The molecule has 1 saturated heterocycles. The van der Waals surface area contributed by atoms with Crippen molar-refractivity contribution in [3.63, 3.8) is 0 Å². The van der Waals surface area contributed by atoms with Gasteiger partial charge in [0.1, 0.15) is 0 Å². The maximum Gasteiger partial charge on any atom is 0.228 e. The van der Waals surface area contributed by atoms with E-state index in [4.69, 9.17) is 0 Å². The van der Waals surface area contributed by atoms with Gasteiger partial charge in [0.05, 0.1) is 12.5 Å². The highest BCUT2D eigenvalue weighted by molar-refractivity contribution is 5.80. The predicted octanol–water partition coefficient (Wildman–Crippen LogP) is 4.31. The number of amides is 1. The van der Waals surface area contributed by atoms with Gasteiger partial charge in [0, 0.05) is 18.5 Å². The van der Waals surface area contributed by atoms with E-state index in [0.717, 1.165) is 19.5 Å². The monoisotopic (exact) mass is 343 g/mol. The predicted molar refractivity (Wildman–Crippen MR) is 102 cm³/mol. The molecule has 1 aromatic carbocycles. The van der Waals surface area contributed by atoms with Crippen molar-refractivity contribution in [2.45, 2.75) is 64.7 Å². The Balaban J connectivity index is 1.52. The largest absolute Gasteiger partial charge is 0.396 e. The van der Waals surface area contributed by atoms with Crippen LogP contribution < -0.4 is 0 Å². The molecule has 1 saturated carbocycles. The molecule has 2 fully saturated rings. The van der Waals surface area contributed by atoms with Crippen LogP contribution in [-0.4, -0.2) is 35.6 Å². The van der Waals surface area contributed by atoms with Gasteiger partial charge in [-0.25, -0.2) is 0 Å². The van der Waals surface area contributed by atoms with Gasteiger partial charge < -0.3 is 10.0 Å². The van der Waals surface area contributed by atoms with E-state index in [0.29, 0.717) is 17.3 Å². The zero-order valence-electron chi connectivity index (χ0n) is 16.0.